The van der Waals surface area contributed by atoms with Gasteiger partial charge in [0.05, 0.1) is 5.69 Å². The smallest absolute Gasteiger partial charge is 0.256 e. The maximum Gasteiger partial charge on any atom is 0.256 e. The zero-order chi connectivity index (χ0) is 15.4. The van der Waals surface area contributed by atoms with Crippen LogP contribution in [0.3, 0.4) is 0 Å². The van der Waals surface area contributed by atoms with E-state index in [0.717, 1.165) is 11.5 Å². The van der Waals surface area contributed by atoms with Gasteiger partial charge >= 0.3 is 0 Å². The molecule has 0 aliphatic heterocycles. The molecule has 0 aliphatic rings. The summed E-state index contributed by atoms with van der Waals surface area (Å²) in [5, 5.41) is 6.65. The number of nitrogens with one attached hydrogen (secondary N) is 1. The van der Waals surface area contributed by atoms with Gasteiger partial charge in [-0.2, -0.15) is 0 Å². The molecule has 1 amide bonds. The number of hydrogen-bond acceptors (Lipinski definition) is 5. The number of aromatic nitrogens is 3. The van der Waals surface area contributed by atoms with E-state index < -0.39 is 0 Å². The Bertz CT molecular complexity index is 611. The highest BCUT2D eigenvalue weighted by Crippen LogP contribution is 2.11. The molecule has 0 radical (unpaired) electrons. The van der Waals surface area contributed by atoms with E-state index in [0.29, 0.717) is 36.7 Å². The van der Waals surface area contributed by atoms with E-state index in [-0.39, 0.29) is 5.91 Å². The summed E-state index contributed by atoms with van der Waals surface area (Å²) in [6, 6.07) is 0. The van der Waals surface area contributed by atoms with Crippen molar-refractivity contribution in [3.8, 4) is 0 Å². The van der Waals surface area contributed by atoms with Gasteiger partial charge in [-0.1, -0.05) is 5.16 Å². The lowest BCUT2D eigenvalue weighted by Crippen LogP contribution is -2.28. The van der Waals surface area contributed by atoms with E-state index in [9.17, 15) is 4.79 Å². The zero-order valence-corrected chi connectivity index (χ0v) is 12.8. The third-order valence-electron chi connectivity index (χ3n) is 3.29. The summed E-state index contributed by atoms with van der Waals surface area (Å²) in [5.41, 5.74) is 2.15. The van der Waals surface area contributed by atoms with Crippen LogP contribution in [0.25, 0.3) is 0 Å². The highest BCUT2D eigenvalue weighted by Gasteiger charge is 2.17. The molecule has 2 aromatic heterocycles. The molecule has 0 aromatic carbocycles. The minimum atomic E-state index is -0.169. The summed E-state index contributed by atoms with van der Waals surface area (Å²) in [6.07, 6.45) is 1.80. The Hall–Kier alpha value is -2.15. The van der Waals surface area contributed by atoms with Crippen LogP contribution in [0.5, 0.6) is 0 Å². The van der Waals surface area contributed by atoms with Crippen LogP contribution in [0.2, 0.25) is 0 Å². The Morgan fingerprint density at radius 2 is 2.19 bits per heavy atom. The van der Waals surface area contributed by atoms with Crippen LogP contribution < -0.4 is 5.32 Å². The first-order valence-corrected chi connectivity index (χ1v) is 6.75. The Balaban J connectivity index is 1.96. The monoisotopic (exact) mass is 292 g/mol. The molecule has 0 atom stereocenters. The van der Waals surface area contributed by atoms with Gasteiger partial charge in [-0.25, -0.2) is 4.98 Å². The number of ether oxygens (including phenoxy) is 1. The molecule has 0 saturated carbocycles. The summed E-state index contributed by atoms with van der Waals surface area (Å²) in [4.78, 5) is 16.4. The fourth-order valence-corrected chi connectivity index (χ4v) is 2.24. The Morgan fingerprint density at radius 3 is 2.81 bits per heavy atom. The van der Waals surface area contributed by atoms with Crippen LogP contribution in [-0.4, -0.2) is 34.3 Å². The van der Waals surface area contributed by atoms with Gasteiger partial charge in [0.2, 0.25) is 0 Å². The number of carbonyl (C=O) groups excluding carboxylic acids is 1. The van der Waals surface area contributed by atoms with Crippen LogP contribution in [0, 0.1) is 20.8 Å². The summed E-state index contributed by atoms with van der Waals surface area (Å²) in [7, 11) is 1.63. The first-order valence-electron chi connectivity index (χ1n) is 6.75. The third-order valence-corrected chi connectivity index (χ3v) is 3.29. The minimum absolute atomic E-state index is 0.169. The predicted molar refractivity (Wildman–Crippen MR) is 76.0 cm³/mol. The molecule has 0 fully saturated rings. The summed E-state index contributed by atoms with van der Waals surface area (Å²) < 4.78 is 12.1. The van der Waals surface area contributed by atoms with Crippen LogP contribution in [-0.2, 0) is 17.9 Å². The highest BCUT2D eigenvalue weighted by molar-refractivity contribution is 5.96. The Labute approximate surface area is 123 Å². The van der Waals surface area contributed by atoms with E-state index in [1.165, 1.54) is 0 Å². The minimum Gasteiger partial charge on any atom is -0.377 e. The second kappa shape index (κ2) is 6.53. The van der Waals surface area contributed by atoms with Crippen molar-refractivity contribution < 1.29 is 14.1 Å². The van der Waals surface area contributed by atoms with Crippen LogP contribution in [0.4, 0.5) is 0 Å². The van der Waals surface area contributed by atoms with Crippen LogP contribution in [0.15, 0.2) is 10.7 Å². The van der Waals surface area contributed by atoms with Crippen LogP contribution >= 0.6 is 0 Å². The first kappa shape index (κ1) is 15.2. The second-order valence-corrected chi connectivity index (χ2v) is 4.86. The van der Waals surface area contributed by atoms with E-state index in [4.69, 9.17) is 9.26 Å². The molecule has 0 unspecified atom stereocenters. The standard InChI is InChI=1S/C14H20N4O3/c1-9-7-16-12(8-20-4)18(9)6-5-15-14(19)13-10(2)17-21-11(13)3/h7H,5-6,8H2,1-4H3,(H,15,19). The van der Waals surface area contributed by atoms with Crippen molar-refractivity contribution >= 4 is 5.91 Å². The van der Waals surface area contributed by atoms with E-state index in [1.54, 1.807) is 27.2 Å². The molecular weight excluding hydrogens is 272 g/mol. The van der Waals surface area contributed by atoms with Gasteiger partial charge in [-0.15, -0.1) is 0 Å². The second-order valence-electron chi connectivity index (χ2n) is 4.86. The van der Waals surface area contributed by atoms with E-state index >= 15 is 0 Å². The molecule has 0 bridgehead atoms. The largest absolute Gasteiger partial charge is 0.377 e. The molecule has 21 heavy (non-hydrogen) atoms. The van der Waals surface area contributed by atoms with Gasteiger partial charge in [0, 0.05) is 32.1 Å². The Kier molecular flexibility index (Phi) is 4.74. The van der Waals surface area contributed by atoms with Crippen LogP contribution in [0.1, 0.15) is 33.3 Å². The molecule has 2 heterocycles. The molecule has 7 heteroatoms. The number of imidazole rings is 1. The molecule has 0 saturated heterocycles. The zero-order valence-electron chi connectivity index (χ0n) is 12.8. The fourth-order valence-electron chi connectivity index (χ4n) is 2.24. The molecular formula is C14H20N4O3. The maximum atomic E-state index is 12.1. The van der Waals surface area contributed by atoms with Gasteiger partial charge in [0.15, 0.2) is 0 Å². The van der Waals surface area contributed by atoms with Gasteiger partial charge in [-0.3, -0.25) is 4.79 Å². The van der Waals surface area contributed by atoms with E-state index in [1.807, 2.05) is 11.5 Å². The molecule has 2 rings (SSSR count). The molecule has 0 spiro atoms. The number of rotatable bonds is 6. The number of aryl methyl sites for hydroxylation is 3. The average Bonchev–Trinajstić information content (AvgIpc) is 2.95. The lowest BCUT2D eigenvalue weighted by atomic mass is 10.2. The average molecular weight is 292 g/mol. The number of carbonyl (C=O) groups is 1. The summed E-state index contributed by atoms with van der Waals surface area (Å²) in [6.45, 7) is 7.04. The number of hydrogen-bond donors (Lipinski definition) is 1. The fraction of sp³-hybridized carbons (Fsp3) is 0.500. The van der Waals surface area contributed by atoms with Gasteiger partial charge < -0.3 is 19.1 Å². The summed E-state index contributed by atoms with van der Waals surface area (Å²) in [5.74, 6) is 1.21. The number of nitrogens with zero attached hydrogens (tertiary/aromatic N) is 3. The highest BCUT2D eigenvalue weighted by atomic mass is 16.5. The normalized spacial score (nSPS) is 10.9. The van der Waals surface area contributed by atoms with E-state index in [2.05, 4.69) is 15.5 Å². The SMILES string of the molecule is COCc1ncc(C)n1CCNC(=O)c1c(C)noc1C. The molecule has 2 aromatic rings. The van der Waals surface area contributed by atoms with Gasteiger partial charge in [-0.05, 0) is 20.8 Å². The number of methoxy groups -OCH3 is 1. The van der Waals surface area contributed by atoms with Crippen molar-refractivity contribution in [3.05, 3.63) is 34.7 Å². The topological polar surface area (TPSA) is 82.2 Å². The Morgan fingerprint density at radius 1 is 1.43 bits per heavy atom. The number of amides is 1. The lowest BCUT2D eigenvalue weighted by molar-refractivity contribution is 0.0949. The van der Waals surface area contributed by atoms with Gasteiger partial charge in [0.25, 0.3) is 5.91 Å². The molecule has 7 nitrogen and oxygen atoms in total. The van der Waals surface area contributed by atoms with Crippen molar-refractivity contribution in [3.63, 3.8) is 0 Å². The van der Waals surface area contributed by atoms with Crippen molar-refractivity contribution in [1.29, 1.82) is 0 Å². The van der Waals surface area contributed by atoms with Gasteiger partial charge in [0.1, 0.15) is 23.8 Å². The first-order chi connectivity index (χ1) is 10.0. The van der Waals surface area contributed by atoms with Crippen molar-refractivity contribution in [1.82, 2.24) is 20.0 Å². The summed E-state index contributed by atoms with van der Waals surface area (Å²) >= 11 is 0. The van der Waals surface area contributed by atoms with Crippen molar-refractivity contribution in [2.24, 2.45) is 0 Å². The molecule has 1 N–H and O–H groups in total. The molecule has 0 aliphatic carbocycles. The van der Waals surface area contributed by atoms with Crippen molar-refractivity contribution in [2.75, 3.05) is 13.7 Å². The van der Waals surface area contributed by atoms with Crippen molar-refractivity contribution in [2.45, 2.75) is 33.9 Å². The molecule has 114 valence electrons. The maximum absolute atomic E-state index is 12.1. The predicted octanol–water partition coefficient (Wildman–Crippen LogP) is 1.37. The quantitative estimate of drug-likeness (QED) is 0.869. The lowest BCUT2D eigenvalue weighted by Gasteiger charge is -2.10. The third kappa shape index (κ3) is 3.30.